The fourth-order valence-corrected chi connectivity index (χ4v) is 1.53. The number of aryl methyl sites for hydroxylation is 1. The number of aromatic nitrogens is 2. The largest absolute Gasteiger partial charge is 0.338 e. The first-order chi connectivity index (χ1) is 7.69. The summed E-state index contributed by atoms with van der Waals surface area (Å²) >= 11 is 6.02. The molecule has 0 amide bonds. The number of rotatable bonds is 2. The number of anilines is 2. The minimum atomic E-state index is 0.504. The zero-order chi connectivity index (χ0) is 11.5. The molecule has 2 aromatic rings. The van der Waals surface area contributed by atoms with Gasteiger partial charge in [0.25, 0.3) is 0 Å². The van der Waals surface area contributed by atoms with E-state index in [4.69, 9.17) is 16.9 Å². The van der Waals surface area contributed by atoms with E-state index in [9.17, 15) is 0 Å². The molecule has 80 valence electrons. The van der Waals surface area contributed by atoms with Gasteiger partial charge in [0.1, 0.15) is 0 Å². The van der Waals surface area contributed by atoms with Crippen molar-refractivity contribution < 1.29 is 0 Å². The molecule has 0 saturated carbocycles. The highest BCUT2D eigenvalue weighted by molar-refractivity contribution is 6.33. The third-order valence-electron chi connectivity index (χ3n) is 2.07. The van der Waals surface area contributed by atoms with Crippen LogP contribution in [0.25, 0.3) is 0 Å². The minimum absolute atomic E-state index is 0.504. The molecule has 1 aromatic carbocycles. The summed E-state index contributed by atoms with van der Waals surface area (Å²) in [7, 11) is 1.84. The van der Waals surface area contributed by atoms with E-state index in [0.717, 1.165) is 5.69 Å². The number of benzene rings is 1. The van der Waals surface area contributed by atoms with Gasteiger partial charge in [0.2, 0.25) is 0 Å². The molecule has 1 aromatic heterocycles. The van der Waals surface area contributed by atoms with E-state index >= 15 is 0 Å². The standard InChI is InChI=1S/C11H9ClN4/c1-16-5-4-11(15-16)14-10-3-2-8(7-13)6-9(10)12/h2-6H,1H3,(H,14,15). The van der Waals surface area contributed by atoms with Crippen molar-refractivity contribution in [3.8, 4) is 6.07 Å². The van der Waals surface area contributed by atoms with E-state index in [-0.39, 0.29) is 0 Å². The molecule has 4 nitrogen and oxygen atoms in total. The molecule has 2 rings (SSSR count). The Bertz CT molecular complexity index is 553. The lowest BCUT2D eigenvalue weighted by molar-refractivity contribution is 0.771. The molecule has 0 aliphatic rings. The summed E-state index contributed by atoms with van der Waals surface area (Å²) in [6.07, 6.45) is 1.83. The van der Waals surface area contributed by atoms with Gasteiger partial charge in [-0.05, 0) is 18.2 Å². The average molecular weight is 233 g/mol. The van der Waals surface area contributed by atoms with Gasteiger partial charge in [-0.15, -0.1) is 0 Å². The molecule has 0 spiro atoms. The first-order valence-electron chi connectivity index (χ1n) is 4.65. The lowest BCUT2D eigenvalue weighted by Gasteiger charge is -2.05. The van der Waals surface area contributed by atoms with Gasteiger partial charge in [0.15, 0.2) is 5.82 Å². The lowest BCUT2D eigenvalue weighted by atomic mass is 10.2. The number of hydrogen-bond acceptors (Lipinski definition) is 3. The molecule has 0 atom stereocenters. The van der Waals surface area contributed by atoms with E-state index in [0.29, 0.717) is 16.4 Å². The van der Waals surface area contributed by atoms with Gasteiger partial charge in [0, 0.05) is 19.3 Å². The molecule has 0 aliphatic heterocycles. The Labute approximate surface area is 98.1 Å². The van der Waals surface area contributed by atoms with Crippen LogP contribution in [-0.4, -0.2) is 9.78 Å². The normalized spacial score (nSPS) is 9.81. The molecule has 0 saturated heterocycles. The number of nitriles is 1. The van der Waals surface area contributed by atoms with Gasteiger partial charge in [0.05, 0.1) is 22.3 Å². The Morgan fingerprint density at radius 3 is 2.81 bits per heavy atom. The summed E-state index contributed by atoms with van der Waals surface area (Å²) in [4.78, 5) is 0. The topological polar surface area (TPSA) is 53.6 Å². The second-order valence-corrected chi connectivity index (χ2v) is 3.71. The molecule has 1 heterocycles. The van der Waals surface area contributed by atoms with Crippen LogP contribution in [0.3, 0.4) is 0 Å². The van der Waals surface area contributed by atoms with Gasteiger partial charge in [-0.1, -0.05) is 11.6 Å². The minimum Gasteiger partial charge on any atom is -0.338 e. The fourth-order valence-electron chi connectivity index (χ4n) is 1.31. The molecular weight excluding hydrogens is 224 g/mol. The van der Waals surface area contributed by atoms with Crippen LogP contribution in [0.15, 0.2) is 30.5 Å². The summed E-state index contributed by atoms with van der Waals surface area (Å²) in [5.41, 5.74) is 1.27. The van der Waals surface area contributed by atoms with E-state index in [2.05, 4.69) is 10.4 Å². The first-order valence-corrected chi connectivity index (χ1v) is 5.03. The maximum atomic E-state index is 8.70. The maximum Gasteiger partial charge on any atom is 0.152 e. The Morgan fingerprint density at radius 1 is 1.44 bits per heavy atom. The van der Waals surface area contributed by atoms with Crippen LogP contribution in [0.2, 0.25) is 5.02 Å². The Balaban J connectivity index is 2.26. The number of hydrogen-bond donors (Lipinski definition) is 1. The third kappa shape index (κ3) is 2.15. The SMILES string of the molecule is Cn1ccc(Nc2ccc(C#N)cc2Cl)n1. The van der Waals surface area contributed by atoms with Gasteiger partial charge >= 0.3 is 0 Å². The quantitative estimate of drug-likeness (QED) is 0.866. The summed E-state index contributed by atoms with van der Waals surface area (Å²) in [6.45, 7) is 0. The van der Waals surface area contributed by atoms with Crippen LogP contribution < -0.4 is 5.32 Å². The molecule has 16 heavy (non-hydrogen) atoms. The Hall–Kier alpha value is -1.99. The smallest absolute Gasteiger partial charge is 0.152 e. The maximum absolute atomic E-state index is 8.70. The summed E-state index contributed by atoms with van der Waals surface area (Å²) in [5.74, 6) is 0.717. The molecule has 0 aliphatic carbocycles. The van der Waals surface area contributed by atoms with Crippen molar-refractivity contribution in [2.45, 2.75) is 0 Å². The van der Waals surface area contributed by atoms with Gasteiger partial charge in [-0.25, -0.2) is 0 Å². The third-order valence-corrected chi connectivity index (χ3v) is 2.39. The summed E-state index contributed by atoms with van der Waals surface area (Å²) in [5, 5.41) is 16.4. The predicted octanol–water partition coefficient (Wildman–Crippen LogP) is 2.69. The Morgan fingerprint density at radius 2 is 2.25 bits per heavy atom. The average Bonchev–Trinajstić information content (AvgIpc) is 2.67. The molecule has 1 N–H and O–H groups in total. The number of nitrogens with one attached hydrogen (secondary N) is 1. The van der Waals surface area contributed by atoms with Gasteiger partial charge in [-0.3, -0.25) is 4.68 Å². The van der Waals surface area contributed by atoms with Crippen molar-refractivity contribution >= 4 is 23.1 Å². The molecule has 0 unspecified atom stereocenters. The second-order valence-electron chi connectivity index (χ2n) is 3.31. The first kappa shape index (κ1) is 10.5. The van der Waals surface area contributed by atoms with Crippen molar-refractivity contribution in [1.82, 2.24) is 9.78 Å². The molecule has 0 radical (unpaired) electrons. The fraction of sp³-hybridized carbons (Fsp3) is 0.0909. The van der Waals surface area contributed by atoms with Crippen molar-refractivity contribution in [2.75, 3.05) is 5.32 Å². The zero-order valence-corrected chi connectivity index (χ0v) is 9.36. The second kappa shape index (κ2) is 4.25. The monoisotopic (exact) mass is 232 g/mol. The summed E-state index contributed by atoms with van der Waals surface area (Å²) in [6, 6.07) is 8.96. The molecular formula is C11H9ClN4. The molecule has 0 bridgehead atoms. The highest BCUT2D eigenvalue weighted by Gasteiger charge is 2.03. The number of nitrogens with zero attached hydrogens (tertiary/aromatic N) is 3. The van der Waals surface area contributed by atoms with Crippen LogP contribution in [0.1, 0.15) is 5.56 Å². The Kier molecular flexibility index (Phi) is 2.80. The van der Waals surface area contributed by atoms with Crippen LogP contribution in [-0.2, 0) is 7.05 Å². The predicted molar refractivity (Wildman–Crippen MR) is 62.7 cm³/mol. The summed E-state index contributed by atoms with van der Waals surface area (Å²) < 4.78 is 1.69. The van der Waals surface area contributed by atoms with Crippen molar-refractivity contribution in [1.29, 1.82) is 5.26 Å². The van der Waals surface area contributed by atoms with Gasteiger partial charge < -0.3 is 5.32 Å². The van der Waals surface area contributed by atoms with Crippen LogP contribution in [0.5, 0.6) is 0 Å². The highest BCUT2D eigenvalue weighted by atomic mass is 35.5. The van der Waals surface area contributed by atoms with E-state index in [1.54, 1.807) is 22.9 Å². The van der Waals surface area contributed by atoms with E-state index in [1.165, 1.54) is 0 Å². The zero-order valence-electron chi connectivity index (χ0n) is 8.61. The number of halogens is 1. The van der Waals surface area contributed by atoms with Crippen LogP contribution in [0, 0.1) is 11.3 Å². The van der Waals surface area contributed by atoms with Crippen molar-refractivity contribution in [3.05, 3.63) is 41.0 Å². The van der Waals surface area contributed by atoms with Crippen LogP contribution >= 0.6 is 11.6 Å². The molecule has 0 fully saturated rings. The highest BCUT2D eigenvalue weighted by Crippen LogP contribution is 2.25. The molecule has 5 heteroatoms. The van der Waals surface area contributed by atoms with E-state index in [1.807, 2.05) is 25.4 Å². The van der Waals surface area contributed by atoms with Gasteiger partial charge in [-0.2, -0.15) is 10.4 Å². The van der Waals surface area contributed by atoms with E-state index < -0.39 is 0 Å². The van der Waals surface area contributed by atoms with Crippen molar-refractivity contribution in [2.24, 2.45) is 7.05 Å². The van der Waals surface area contributed by atoms with Crippen LogP contribution in [0.4, 0.5) is 11.5 Å². The lowest BCUT2D eigenvalue weighted by Crippen LogP contribution is -1.94. The van der Waals surface area contributed by atoms with Crippen molar-refractivity contribution in [3.63, 3.8) is 0 Å².